The van der Waals surface area contributed by atoms with Crippen LogP contribution >= 0.6 is 11.3 Å². The molecular weight excluding hydrogens is 212 g/mol. The first kappa shape index (κ1) is 10.8. The lowest BCUT2D eigenvalue weighted by Crippen LogP contribution is -2.37. The molecule has 15 heavy (non-hydrogen) atoms. The van der Waals surface area contributed by atoms with E-state index < -0.39 is 0 Å². The fraction of sp³-hybridized carbons (Fsp3) is 0.778. The van der Waals surface area contributed by atoms with Crippen molar-refractivity contribution in [2.24, 2.45) is 0 Å². The number of aliphatic hydroxyl groups excluding tert-OH is 1. The van der Waals surface area contributed by atoms with Gasteiger partial charge in [0.2, 0.25) is 5.13 Å². The number of aromatic nitrogens is 2. The van der Waals surface area contributed by atoms with E-state index in [2.05, 4.69) is 20.0 Å². The quantitative estimate of drug-likeness (QED) is 0.791. The van der Waals surface area contributed by atoms with Gasteiger partial charge in [-0.3, -0.25) is 0 Å². The Labute approximate surface area is 93.3 Å². The smallest absolute Gasteiger partial charge is 0.208 e. The Morgan fingerprint density at radius 3 is 3.07 bits per heavy atom. The third-order valence-electron chi connectivity index (χ3n) is 2.56. The maximum atomic E-state index is 9.68. The van der Waals surface area contributed by atoms with Crippen molar-refractivity contribution >= 4 is 16.5 Å². The molecule has 84 valence electrons. The third-order valence-corrected chi connectivity index (χ3v) is 3.29. The van der Waals surface area contributed by atoms with Gasteiger partial charge in [0.15, 0.2) is 0 Å². The van der Waals surface area contributed by atoms with Crippen LogP contribution in [0.4, 0.5) is 5.13 Å². The molecule has 0 radical (unpaired) electrons. The Balaban J connectivity index is 2.08. The van der Waals surface area contributed by atoms with Gasteiger partial charge in [-0.2, -0.15) is 0 Å². The Morgan fingerprint density at radius 2 is 2.47 bits per heavy atom. The summed E-state index contributed by atoms with van der Waals surface area (Å²) in [5, 5.41) is 18.5. The number of hydrogen-bond donors (Lipinski definition) is 1. The second kappa shape index (κ2) is 4.42. The Kier molecular flexibility index (Phi) is 3.18. The van der Waals surface area contributed by atoms with Crippen LogP contribution in [0.3, 0.4) is 0 Å². The molecule has 1 aliphatic heterocycles. The molecule has 2 unspecified atom stereocenters. The van der Waals surface area contributed by atoms with E-state index in [1.54, 1.807) is 5.51 Å². The zero-order valence-electron chi connectivity index (χ0n) is 9.00. The molecule has 1 fully saturated rings. The number of aliphatic hydroxyl groups is 1. The van der Waals surface area contributed by atoms with Crippen LogP contribution in [-0.2, 0) is 0 Å². The molecule has 0 spiro atoms. The highest BCUT2D eigenvalue weighted by Gasteiger charge is 2.32. The van der Waals surface area contributed by atoms with E-state index in [1.165, 1.54) is 11.3 Å². The monoisotopic (exact) mass is 228 g/mol. The number of anilines is 1. The summed E-state index contributed by atoms with van der Waals surface area (Å²) in [5.74, 6) is 0. The van der Waals surface area contributed by atoms with Crippen LogP contribution in [0.5, 0.6) is 0 Å². The van der Waals surface area contributed by atoms with Crippen molar-refractivity contribution in [3.05, 3.63) is 5.51 Å². The van der Waals surface area contributed by atoms with Crippen LogP contribution in [0.2, 0.25) is 0 Å². The zero-order chi connectivity index (χ0) is 10.8. The lowest BCUT2D eigenvalue weighted by Gasteiger charge is -2.25. The normalized spacial score (nSPS) is 26.5. The molecule has 0 saturated carbocycles. The SMILES string of the molecule is CN(C)CC1CC(O)CN1c1nncs1. The molecule has 2 rings (SSSR count). The van der Waals surface area contributed by atoms with Gasteiger partial charge in [-0.05, 0) is 20.5 Å². The maximum absolute atomic E-state index is 9.68. The first-order chi connectivity index (χ1) is 7.16. The van der Waals surface area contributed by atoms with Crippen molar-refractivity contribution in [3.63, 3.8) is 0 Å². The van der Waals surface area contributed by atoms with Crippen LogP contribution in [0.1, 0.15) is 6.42 Å². The van der Waals surface area contributed by atoms with Crippen molar-refractivity contribution in [1.82, 2.24) is 15.1 Å². The standard InChI is InChI=1S/C9H16N4OS/c1-12(2)4-7-3-8(14)5-13(7)9-11-10-6-15-9/h6-8,14H,3-5H2,1-2H3. The molecule has 1 aliphatic rings. The molecule has 1 aromatic rings. The van der Waals surface area contributed by atoms with E-state index in [0.29, 0.717) is 12.6 Å². The largest absolute Gasteiger partial charge is 0.391 e. The topological polar surface area (TPSA) is 52.5 Å². The Bertz CT molecular complexity index is 303. The fourth-order valence-corrected chi connectivity index (χ4v) is 2.66. The van der Waals surface area contributed by atoms with Crippen LogP contribution in [-0.4, -0.2) is 59.5 Å². The van der Waals surface area contributed by atoms with Gasteiger partial charge in [-0.25, -0.2) is 0 Å². The van der Waals surface area contributed by atoms with Gasteiger partial charge >= 0.3 is 0 Å². The Hall–Kier alpha value is -0.720. The van der Waals surface area contributed by atoms with Gasteiger partial charge < -0.3 is 14.9 Å². The molecule has 1 N–H and O–H groups in total. The lowest BCUT2D eigenvalue weighted by atomic mass is 10.2. The first-order valence-electron chi connectivity index (χ1n) is 5.02. The van der Waals surface area contributed by atoms with Crippen LogP contribution in [0.15, 0.2) is 5.51 Å². The van der Waals surface area contributed by atoms with E-state index in [-0.39, 0.29) is 6.10 Å². The highest BCUT2D eigenvalue weighted by Crippen LogP contribution is 2.26. The molecule has 6 heteroatoms. The van der Waals surface area contributed by atoms with E-state index in [1.807, 2.05) is 14.1 Å². The number of rotatable bonds is 3. The van der Waals surface area contributed by atoms with Gasteiger partial charge in [0.1, 0.15) is 5.51 Å². The molecule has 0 aliphatic carbocycles. The van der Waals surface area contributed by atoms with Crippen molar-refractivity contribution in [3.8, 4) is 0 Å². The predicted molar refractivity (Wildman–Crippen MR) is 60.2 cm³/mol. The summed E-state index contributed by atoms with van der Waals surface area (Å²) in [6.07, 6.45) is 0.580. The van der Waals surface area contributed by atoms with Gasteiger partial charge in [0.25, 0.3) is 0 Å². The molecule has 1 aromatic heterocycles. The minimum atomic E-state index is -0.237. The summed E-state index contributed by atoms with van der Waals surface area (Å²) in [6, 6.07) is 0.350. The van der Waals surface area contributed by atoms with Crippen LogP contribution in [0.25, 0.3) is 0 Å². The minimum absolute atomic E-state index is 0.237. The number of hydrogen-bond acceptors (Lipinski definition) is 6. The minimum Gasteiger partial charge on any atom is -0.391 e. The van der Waals surface area contributed by atoms with Crippen molar-refractivity contribution in [1.29, 1.82) is 0 Å². The average Bonchev–Trinajstić information content (AvgIpc) is 2.72. The predicted octanol–water partition coefficient (Wildman–Crippen LogP) is 0.0393. The summed E-state index contributed by atoms with van der Waals surface area (Å²) in [7, 11) is 4.09. The Morgan fingerprint density at radius 1 is 1.67 bits per heavy atom. The molecule has 2 atom stereocenters. The van der Waals surface area contributed by atoms with Gasteiger partial charge in [-0.15, -0.1) is 10.2 Å². The number of β-amino-alcohol motifs (C(OH)–C–C–N with tert-alkyl or cyclic N) is 1. The second-order valence-electron chi connectivity index (χ2n) is 4.18. The van der Waals surface area contributed by atoms with Crippen LogP contribution < -0.4 is 4.90 Å². The van der Waals surface area contributed by atoms with Crippen molar-refractivity contribution < 1.29 is 5.11 Å². The van der Waals surface area contributed by atoms with Gasteiger partial charge in [0, 0.05) is 19.1 Å². The zero-order valence-corrected chi connectivity index (χ0v) is 9.81. The summed E-state index contributed by atoms with van der Waals surface area (Å²) in [5.41, 5.74) is 1.73. The van der Waals surface area contributed by atoms with E-state index in [9.17, 15) is 5.11 Å². The number of likely N-dealkylation sites (N-methyl/N-ethyl adjacent to an activating group) is 1. The molecule has 5 nitrogen and oxygen atoms in total. The summed E-state index contributed by atoms with van der Waals surface area (Å²) < 4.78 is 0. The third kappa shape index (κ3) is 2.45. The summed E-state index contributed by atoms with van der Waals surface area (Å²) in [6.45, 7) is 1.62. The molecule has 1 saturated heterocycles. The highest BCUT2D eigenvalue weighted by molar-refractivity contribution is 7.13. The van der Waals surface area contributed by atoms with Gasteiger partial charge in [0.05, 0.1) is 6.10 Å². The fourth-order valence-electron chi connectivity index (χ4n) is 2.01. The molecule has 0 amide bonds. The molecule has 0 bridgehead atoms. The van der Waals surface area contributed by atoms with Crippen molar-refractivity contribution in [2.75, 3.05) is 32.1 Å². The average molecular weight is 228 g/mol. The first-order valence-corrected chi connectivity index (χ1v) is 5.90. The molecule has 2 heterocycles. The van der Waals surface area contributed by atoms with E-state index in [4.69, 9.17) is 0 Å². The molecular formula is C9H16N4OS. The number of nitrogens with zero attached hydrogens (tertiary/aromatic N) is 4. The van der Waals surface area contributed by atoms with Crippen LogP contribution in [0, 0.1) is 0 Å². The van der Waals surface area contributed by atoms with E-state index in [0.717, 1.165) is 18.1 Å². The van der Waals surface area contributed by atoms with Crippen molar-refractivity contribution in [2.45, 2.75) is 18.6 Å². The molecule has 0 aromatic carbocycles. The lowest BCUT2D eigenvalue weighted by molar-refractivity contribution is 0.191. The summed E-state index contributed by atoms with van der Waals surface area (Å²) in [4.78, 5) is 4.29. The van der Waals surface area contributed by atoms with Gasteiger partial charge in [-0.1, -0.05) is 11.3 Å². The maximum Gasteiger partial charge on any atom is 0.208 e. The second-order valence-corrected chi connectivity index (χ2v) is 4.99. The van der Waals surface area contributed by atoms with E-state index >= 15 is 0 Å². The summed E-state index contributed by atoms with van der Waals surface area (Å²) >= 11 is 1.53. The highest BCUT2D eigenvalue weighted by atomic mass is 32.1.